The van der Waals surface area contributed by atoms with Crippen molar-refractivity contribution in [3.05, 3.63) is 30.1 Å². The minimum absolute atomic E-state index is 0.439. The van der Waals surface area contributed by atoms with Crippen LogP contribution in [0.15, 0.2) is 24.4 Å². The Labute approximate surface area is 93.0 Å². The Morgan fingerprint density at radius 3 is 2.33 bits per heavy atom. The lowest BCUT2D eigenvalue weighted by molar-refractivity contribution is -0.211. The van der Waals surface area contributed by atoms with E-state index in [-0.39, 0.29) is 0 Å². The molecule has 1 aromatic heterocycles. The monoisotopic (exact) mass is 224 g/mol. The van der Waals surface area contributed by atoms with Crippen LogP contribution in [0.4, 0.5) is 0 Å². The third-order valence-electron chi connectivity index (χ3n) is 2.14. The third kappa shape index (κ3) is 2.63. The zero-order valence-corrected chi connectivity index (χ0v) is 10.1. The SMILES string of the molecule is COC(c1ccccn1)C([Si])(OC)OC. The van der Waals surface area contributed by atoms with Crippen molar-refractivity contribution in [2.75, 3.05) is 21.3 Å². The molecule has 0 bridgehead atoms. The van der Waals surface area contributed by atoms with E-state index in [1.54, 1.807) is 13.3 Å². The summed E-state index contributed by atoms with van der Waals surface area (Å²) in [5, 5.41) is 0. The van der Waals surface area contributed by atoms with E-state index < -0.39 is 11.5 Å². The predicted molar refractivity (Wildman–Crippen MR) is 56.5 cm³/mol. The van der Waals surface area contributed by atoms with Gasteiger partial charge in [0.15, 0.2) is 5.41 Å². The van der Waals surface area contributed by atoms with Crippen LogP contribution >= 0.6 is 0 Å². The van der Waals surface area contributed by atoms with Gasteiger partial charge in [0.25, 0.3) is 0 Å². The van der Waals surface area contributed by atoms with Gasteiger partial charge in [-0.15, -0.1) is 0 Å². The van der Waals surface area contributed by atoms with Crippen LogP contribution < -0.4 is 0 Å². The summed E-state index contributed by atoms with van der Waals surface area (Å²) in [6.45, 7) is 0. The second kappa shape index (κ2) is 5.36. The fraction of sp³-hybridized carbons (Fsp3) is 0.500. The molecule has 0 saturated carbocycles. The second-order valence-electron chi connectivity index (χ2n) is 2.95. The normalized spacial score (nSPS) is 13.9. The van der Waals surface area contributed by atoms with E-state index in [0.29, 0.717) is 0 Å². The summed E-state index contributed by atoms with van der Waals surface area (Å²) >= 11 is 0. The number of aromatic nitrogens is 1. The van der Waals surface area contributed by atoms with Crippen molar-refractivity contribution in [2.45, 2.75) is 11.5 Å². The molecule has 0 aliphatic heterocycles. The molecule has 1 unspecified atom stereocenters. The van der Waals surface area contributed by atoms with E-state index in [0.717, 1.165) is 5.69 Å². The predicted octanol–water partition coefficient (Wildman–Crippen LogP) is 0.884. The van der Waals surface area contributed by atoms with Gasteiger partial charge in [-0.3, -0.25) is 4.98 Å². The number of methoxy groups -OCH3 is 3. The lowest BCUT2D eigenvalue weighted by Crippen LogP contribution is -2.42. The molecule has 15 heavy (non-hydrogen) atoms. The van der Waals surface area contributed by atoms with Gasteiger partial charge in [-0.05, 0) is 12.1 Å². The molecule has 5 heteroatoms. The van der Waals surface area contributed by atoms with Gasteiger partial charge in [-0.1, -0.05) is 6.07 Å². The summed E-state index contributed by atoms with van der Waals surface area (Å²) in [6, 6.07) is 5.57. The number of hydrogen-bond donors (Lipinski definition) is 0. The molecular formula is C10H14NO3Si. The Balaban J connectivity index is 2.98. The molecule has 81 valence electrons. The second-order valence-corrected chi connectivity index (χ2v) is 3.64. The molecule has 4 nitrogen and oxygen atoms in total. The fourth-order valence-electron chi connectivity index (χ4n) is 1.30. The van der Waals surface area contributed by atoms with Gasteiger partial charge in [0, 0.05) is 27.5 Å². The number of ether oxygens (including phenoxy) is 3. The maximum atomic E-state index is 5.32. The molecule has 3 radical (unpaired) electrons. The first-order chi connectivity index (χ1) is 7.18. The Bertz CT molecular complexity index is 290. The molecule has 0 N–H and O–H groups in total. The van der Waals surface area contributed by atoms with E-state index in [1.807, 2.05) is 18.2 Å². The van der Waals surface area contributed by atoms with Crippen molar-refractivity contribution in [3.63, 3.8) is 0 Å². The molecule has 0 aliphatic carbocycles. The van der Waals surface area contributed by atoms with Crippen LogP contribution in [0.25, 0.3) is 0 Å². The van der Waals surface area contributed by atoms with Gasteiger partial charge in [0.1, 0.15) is 16.3 Å². The summed E-state index contributed by atoms with van der Waals surface area (Å²) in [7, 11) is 8.04. The summed E-state index contributed by atoms with van der Waals surface area (Å²) in [5.41, 5.74) is -0.290. The standard InChI is InChI=1S/C10H14NO3Si/c1-12-9(10(15,13-2)14-3)8-6-4-5-7-11-8/h4-7,9H,1-3H3. The summed E-state index contributed by atoms with van der Waals surface area (Å²) < 4.78 is 15.8. The zero-order chi connectivity index (χ0) is 11.3. The summed E-state index contributed by atoms with van der Waals surface area (Å²) in [5.74, 6) is 0. The first-order valence-corrected chi connectivity index (χ1v) is 4.97. The molecule has 1 heterocycles. The quantitative estimate of drug-likeness (QED) is 0.550. The number of hydrogen-bond acceptors (Lipinski definition) is 4. The fourth-order valence-corrected chi connectivity index (χ4v) is 1.56. The highest BCUT2D eigenvalue weighted by Crippen LogP contribution is 2.28. The molecule has 0 aromatic carbocycles. The van der Waals surface area contributed by atoms with E-state index in [1.165, 1.54) is 14.2 Å². The maximum Gasteiger partial charge on any atom is 0.174 e. The van der Waals surface area contributed by atoms with Crippen LogP contribution in [-0.2, 0) is 14.2 Å². The minimum Gasteiger partial charge on any atom is -0.370 e. The minimum atomic E-state index is -1.02. The zero-order valence-electron chi connectivity index (χ0n) is 9.06. The average Bonchev–Trinajstić information content (AvgIpc) is 2.31. The average molecular weight is 224 g/mol. The van der Waals surface area contributed by atoms with E-state index in [9.17, 15) is 0 Å². The van der Waals surface area contributed by atoms with E-state index in [2.05, 4.69) is 15.2 Å². The smallest absolute Gasteiger partial charge is 0.174 e. The molecule has 0 amide bonds. The van der Waals surface area contributed by atoms with Crippen molar-refractivity contribution < 1.29 is 14.2 Å². The molecule has 0 spiro atoms. The van der Waals surface area contributed by atoms with Crippen molar-refractivity contribution in [1.29, 1.82) is 0 Å². The van der Waals surface area contributed by atoms with Crippen LogP contribution in [0.2, 0.25) is 0 Å². The first kappa shape index (κ1) is 12.3. The van der Waals surface area contributed by atoms with Crippen molar-refractivity contribution in [1.82, 2.24) is 4.98 Å². The summed E-state index contributed by atoms with van der Waals surface area (Å²) in [6.07, 6.45) is 1.25. The Morgan fingerprint density at radius 2 is 1.93 bits per heavy atom. The lowest BCUT2D eigenvalue weighted by atomic mass is 10.2. The Morgan fingerprint density at radius 1 is 1.27 bits per heavy atom. The third-order valence-corrected chi connectivity index (χ3v) is 2.81. The maximum absolute atomic E-state index is 5.32. The largest absolute Gasteiger partial charge is 0.370 e. The molecule has 0 fully saturated rings. The van der Waals surface area contributed by atoms with Gasteiger partial charge < -0.3 is 14.2 Å². The van der Waals surface area contributed by atoms with Crippen LogP contribution in [-0.4, -0.2) is 42.0 Å². The van der Waals surface area contributed by atoms with Crippen molar-refractivity contribution in [2.24, 2.45) is 0 Å². The Hall–Kier alpha value is -0.753. The van der Waals surface area contributed by atoms with Gasteiger partial charge in [0.05, 0.1) is 5.69 Å². The molecule has 1 aromatic rings. The van der Waals surface area contributed by atoms with Crippen molar-refractivity contribution in [3.8, 4) is 0 Å². The van der Waals surface area contributed by atoms with E-state index in [4.69, 9.17) is 14.2 Å². The number of rotatable bonds is 5. The highest BCUT2D eigenvalue weighted by molar-refractivity contribution is 6.13. The van der Waals surface area contributed by atoms with E-state index >= 15 is 0 Å². The van der Waals surface area contributed by atoms with Gasteiger partial charge in [-0.25, -0.2) is 0 Å². The van der Waals surface area contributed by atoms with Crippen LogP contribution in [0, 0.1) is 0 Å². The van der Waals surface area contributed by atoms with Gasteiger partial charge in [-0.2, -0.15) is 0 Å². The van der Waals surface area contributed by atoms with Crippen LogP contribution in [0.1, 0.15) is 11.8 Å². The molecule has 1 rings (SSSR count). The van der Waals surface area contributed by atoms with Crippen LogP contribution in [0.5, 0.6) is 0 Å². The first-order valence-electron chi connectivity index (χ1n) is 4.47. The topological polar surface area (TPSA) is 40.6 Å². The van der Waals surface area contributed by atoms with Crippen LogP contribution in [0.3, 0.4) is 0 Å². The highest BCUT2D eigenvalue weighted by Gasteiger charge is 2.36. The summed E-state index contributed by atoms with van der Waals surface area (Å²) in [4.78, 5) is 4.20. The molecule has 0 saturated heterocycles. The number of nitrogens with zero attached hydrogens (tertiary/aromatic N) is 1. The molecule has 1 atom stereocenters. The number of pyridine rings is 1. The van der Waals surface area contributed by atoms with Crippen molar-refractivity contribution >= 4 is 10.2 Å². The van der Waals surface area contributed by atoms with Gasteiger partial charge >= 0.3 is 0 Å². The lowest BCUT2D eigenvalue weighted by Gasteiger charge is -2.33. The van der Waals surface area contributed by atoms with Gasteiger partial charge in [0.2, 0.25) is 0 Å². The Kier molecular flexibility index (Phi) is 4.40. The molecular weight excluding hydrogens is 210 g/mol. The highest BCUT2D eigenvalue weighted by atomic mass is 28.1. The molecule has 0 aliphatic rings.